The van der Waals surface area contributed by atoms with Crippen LogP contribution in [0.2, 0.25) is 5.04 Å². The molecule has 0 saturated carbocycles. The summed E-state index contributed by atoms with van der Waals surface area (Å²) in [4.78, 5) is 11.5. The molecule has 1 fully saturated rings. The van der Waals surface area contributed by atoms with Crippen molar-refractivity contribution in [3.05, 3.63) is 85.0 Å². The fourth-order valence-corrected chi connectivity index (χ4v) is 9.96. The quantitative estimate of drug-likeness (QED) is 0.207. The van der Waals surface area contributed by atoms with Gasteiger partial charge in [-0.2, -0.15) is 0 Å². The number of unbranched alkanes of at least 4 members (excludes halogenated alkanes) is 1. The van der Waals surface area contributed by atoms with Crippen molar-refractivity contribution in [2.75, 3.05) is 0 Å². The molecule has 0 bridgehead atoms. The van der Waals surface area contributed by atoms with Crippen molar-refractivity contribution >= 4 is 24.7 Å². The van der Waals surface area contributed by atoms with Crippen molar-refractivity contribution in [3.8, 4) is 0 Å². The molecular weight excluding hydrogens is 452 g/mol. The number of carbonyl (C=O) groups is 1. The molecule has 5 heteroatoms. The lowest BCUT2D eigenvalue weighted by Crippen LogP contribution is -2.67. The van der Waals surface area contributed by atoms with Crippen LogP contribution in [-0.4, -0.2) is 38.7 Å². The van der Waals surface area contributed by atoms with E-state index in [0.717, 1.165) is 19.3 Å². The lowest BCUT2D eigenvalue weighted by molar-refractivity contribution is -0.140. The van der Waals surface area contributed by atoms with Gasteiger partial charge in [0.2, 0.25) is 0 Å². The molecule has 2 heterocycles. The van der Waals surface area contributed by atoms with Crippen molar-refractivity contribution in [3.63, 3.8) is 0 Å². The van der Waals surface area contributed by atoms with Gasteiger partial charge >= 0.3 is 5.97 Å². The molecule has 186 valence electrons. The van der Waals surface area contributed by atoms with E-state index in [-0.39, 0.29) is 35.4 Å². The van der Waals surface area contributed by atoms with Crippen molar-refractivity contribution in [1.82, 2.24) is 0 Å². The van der Waals surface area contributed by atoms with Crippen molar-refractivity contribution < 1.29 is 18.7 Å². The Bertz CT molecular complexity index is 986. The minimum atomic E-state index is -2.51. The number of hydrogen-bond donors (Lipinski definition) is 0. The Balaban J connectivity index is 1.39. The van der Waals surface area contributed by atoms with Gasteiger partial charge in [-0.1, -0.05) is 99.7 Å². The minimum absolute atomic E-state index is 0.0162. The maximum absolute atomic E-state index is 11.5. The lowest BCUT2D eigenvalue weighted by Gasteiger charge is -2.44. The molecule has 2 aromatic rings. The van der Waals surface area contributed by atoms with Gasteiger partial charge in [0.25, 0.3) is 8.32 Å². The smallest absolute Gasteiger partial charge is 0.309 e. The van der Waals surface area contributed by atoms with Crippen LogP contribution in [0.3, 0.4) is 0 Å². The number of allylic oxidation sites excluding steroid dienone is 1. The van der Waals surface area contributed by atoms with E-state index in [0.29, 0.717) is 6.42 Å². The van der Waals surface area contributed by atoms with Crippen LogP contribution in [0.1, 0.15) is 53.4 Å². The average molecular weight is 491 g/mol. The number of esters is 1. The van der Waals surface area contributed by atoms with E-state index in [1.165, 1.54) is 10.4 Å². The van der Waals surface area contributed by atoms with Crippen LogP contribution in [0, 0.1) is 0 Å². The van der Waals surface area contributed by atoms with E-state index in [2.05, 4.69) is 101 Å². The van der Waals surface area contributed by atoms with Crippen molar-refractivity contribution in [2.24, 2.45) is 0 Å². The highest BCUT2D eigenvalue weighted by Crippen LogP contribution is 2.38. The van der Waals surface area contributed by atoms with Crippen LogP contribution in [-0.2, 0) is 18.7 Å². The minimum Gasteiger partial charge on any atom is -0.455 e. The number of carbonyl (C=O) groups excluding carboxylic acids is 1. The maximum Gasteiger partial charge on any atom is 0.309 e. The Hall–Kier alpha value is -2.47. The molecular formula is C30H38O4Si. The van der Waals surface area contributed by atoms with E-state index in [4.69, 9.17) is 13.9 Å². The first-order valence-corrected chi connectivity index (χ1v) is 14.7. The first kappa shape index (κ1) is 25.6. The summed E-state index contributed by atoms with van der Waals surface area (Å²) in [7, 11) is -2.51. The fraction of sp³-hybridized carbons (Fsp3) is 0.433. The second kappa shape index (κ2) is 11.1. The van der Waals surface area contributed by atoms with Gasteiger partial charge in [0.15, 0.2) is 0 Å². The third-order valence-corrected chi connectivity index (χ3v) is 12.1. The predicted octanol–water partition coefficient (Wildman–Crippen LogP) is 5.32. The molecule has 2 aliphatic heterocycles. The summed E-state index contributed by atoms with van der Waals surface area (Å²) in [5, 5.41) is 2.62. The summed E-state index contributed by atoms with van der Waals surface area (Å²) in [5.74, 6) is -0.177. The molecule has 2 aliphatic rings. The zero-order valence-corrected chi connectivity index (χ0v) is 22.4. The summed E-state index contributed by atoms with van der Waals surface area (Å²) in [5.41, 5.74) is 0. The van der Waals surface area contributed by atoms with E-state index in [9.17, 15) is 4.79 Å². The Morgan fingerprint density at radius 3 is 2.26 bits per heavy atom. The van der Waals surface area contributed by atoms with Crippen LogP contribution in [0.5, 0.6) is 0 Å². The largest absolute Gasteiger partial charge is 0.455 e. The average Bonchev–Trinajstić information content (AvgIpc) is 3.22. The number of benzene rings is 2. The fourth-order valence-electron chi connectivity index (χ4n) is 5.23. The van der Waals surface area contributed by atoms with Crippen molar-refractivity contribution in [1.29, 1.82) is 0 Å². The van der Waals surface area contributed by atoms with Gasteiger partial charge < -0.3 is 13.9 Å². The number of ether oxygens (including phenoxy) is 2. The lowest BCUT2D eigenvalue weighted by atomic mass is 10.1. The standard InChI is InChI=1S/C30H38O4Si/c1-23(14-8-5-9-15-24-20-21-27-28(32-24)22-29(31)33-27)34-35(30(2,3)4,25-16-10-6-11-17-25)26-18-12-7-13-19-26/h6-7,9-13,15-21,23-24,27-28H,5,8,14,22H2,1-4H3/b15-9+/t23-,24-,27-,28-/m0/s1. The van der Waals surface area contributed by atoms with Gasteiger partial charge in [-0.15, -0.1) is 0 Å². The van der Waals surface area contributed by atoms with Crippen molar-refractivity contribution in [2.45, 2.75) is 82.8 Å². The van der Waals surface area contributed by atoms with E-state index >= 15 is 0 Å². The Kier molecular flexibility index (Phi) is 8.10. The normalized spacial score (nSPS) is 23.3. The van der Waals surface area contributed by atoms with E-state index < -0.39 is 8.32 Å². The topological polar surface area (TPSA) is 44.8 Å². The Labute approximate surface area is 211 Å². The molecule has 1 saturated heterocycles. The van der Waals surface area contributed by atoms with Gasteiger partial charge in [0.05, 0.1) is 12.5 Å². The molecule has 4 nitrogen and oxygen atoms in total. The summed E-state index contributed by atoms with van der Waals surface area (Å²) in [6.07, 6.45) is 11.2. The van der Waals surface area contributed by atoms with Gasteiger partial charge in [0, 0.05) is 6.10 Å². The summed E-state index contributed by atoms with van der Waals surface area (Å²) in [6.45, 7) is 9.17. The second-order valence-electron chi connectivity index (χ2n) is 10.6. The monoisotopic (exact) mass is 490 g/mol. The highest BCUT2D eigenvalue weighted by molar-refractivity contribution is 6.99. The first-order valence-electron chi connectivity index (χ1n) is 12.8. The zero-order valence-electron chi connectivity index (χ0n) is 21.4. The van der Waals surface area contributed by atoms with Crippen LogP contribution >= 0.6 is 0 Å². The van der Waals surface area contributed by atoms with Crippen LogP contribution in [0.15, 0.2) is 85.0 Å². The molecule has 0 radical (unpaired) electrons. The highest BCUT2D eigenvalue weighted by atomic mass is 28.4. The van der Waals surface area contributed by atoms with E-state index in [1.807, 2.05) is 12.2 Å². The molecule has 0 unspecified atom stereocenters. The number of hydrogen-bond acceptors (Lipinski definition) is 4. The number of fused-ring (bicyclic) bond motifs is 1. The Morgan fingerprint density at radius 1 is 1.03 bits per heavy atom. The zero-order chi connectivity index (χ0) is 24.9. The summed E-state index contributed by atoms with van der Waals surface area (Å²) >= 11 is 0. The number of rotatable bonds is 9. The second-order valence-corrected chi connectivity index (χ2v) is 14.9. The first-order chi connectivity index (χ1) is 16.8. The van der Waals surface area contributed by atoms with Gasteiger partial charge in [-0.25, -0.2) is 0 Å². The van der Waals surface area contributed by atoms with Crippen LogP contribution in [0.25, 0.3) is 0 Å². The molecule has 0 aliphatic carbocycles. The Morgan fingerprint density at radius 2 is 1.66 bits per heavy atom. The van der Waals surface area contributed by atoms with Gasteiger partial charge in [-0.05, 0) is 47.7 Å². The van der Waals surface area contributed by atoms with Gasteiger partial charge in [-0.3, -0.25) is 4.79 Å². The molecule has 0 aromatic heterocycles. The molecule has 35 heavy (non-hydrogen) atoms. The molecule has 2 aromatic carbocycles. The molecule has 4 atom stereocenters. The SMILES string of the molecule is C[C@@H](CCC/C=C/[C@H]1C=C[C@@H]2OC(=O)C[C@@H]2O1)O[Si](c1ccccc1)(c1ccccc1)C(C)(C)C. The van der Waals surface area contributed by atoms with Gasteiger partial charge in [0.1, 0.15) is 12.2 Å². The molecule has 4 rings (SSSR count). The predicted molar refractivity (Wildman–Crippen MR) is 143 cm³/mol. The molecule has 0 amide bonds. The molecule has 0 spiro atoms. The third kappa shape index (κ3) is 5.85. The van der Waals surface area contributed by atoms with Crippen LogP contribution in [0.4, 0.5) is 0 Å². The third-order valence-electron chi connectivity index (χ3n) is 6.93. The highest BCUT2D eigenvalue weighted by Gasteiger charge is 2.50. The summed E-state index contributed by atoms with van der Waals surface area (Å²) < 4.78 is 18.4. The molecule has 0 N–H and O–H groups in total. The van der Waals surface area contributed by atoms with Crippen LogP contribution < -0.4 is 10.4 Å². The van der Waals surface area contributed by atoms with E-state index in [1.54, 1.807) is 0 Å². The maximum atomic E-state index is 11.5. The summed E-state index contributed by atoms with van der Waals surface area (Å²) in [6, 6.07) is 21.6.